The topological polar surface area (TPSA) is 55.8 Å². The van der Waals surface area contributed by atoms with Crippen LogP contribution in [0.1, 0.15) is 40.5 Å². The molecule has 0 unspecified atom stereocenters. The Balaban J connectivity index is 2.58. The van der Waals surface area contributed by atoms with E-state index >= 15 is 0 Å². The van der Waals surface area contributed by atoms with Gasteiger partial charge in [-0.25, -0.2) is 9.59 Å². The SMILES string of the molecule is COC(=O)C(C)=C1CCN(C(=O)OC(C)(C)C)CC1. The van der Waals surface area contributed by atoms with Crippen LogP contribution in [-0.2, 0) is 14.3 Å². The fourth-order valence-electron chi connectivity index (χ4n) is 1.96. The normalized spacial score (nSPS) is 16.1. The smallest absolute Gasteiger partial charge is 0.410 e. The van der Waals surface area contributed by atoms with E-state index in [4.69, 9.17) is 9.47 Å². The number of amides is 1. The van der Waals surface area contributed by atoms with Gasteiger partial charge in [-0.1, -0.05) is 5.57 Å². The second kappa shape index (κ2) is 6.08. The number of hydrogen-bond donors (Lipinski definition) is 0. The zero-order valence-corrected chi connectivity index (χ0v) is 12.4. The van der Waals surface area contributed by atoms with E-state index in [2.05, 4.69) is 0 Å². The van der Waals surface area contributed by atoms with Crippen LogP contribution in [0.15, 0.2) is 11.1 Å². The molecule has 1 fully saturated rings. The number of nitrogens with zero attached hydrogens (tertiary/aromatic N) is 1. The monoisotopic (exact) mass is 269 g/mol. The van der Waals surface area contributed by atoms with Gasteiger partial charge in [0.05, 0.1) is 7.11 Å². The van der Waals surface area contributed by atoms with Crippen molar-refractivity contribution in [1.82, 2.24) is 4.90 Å². The summed E-state index contributed by atoms with van der Waals surface area (Å²) in [4.78, 5) is 25.0. The molecule has 0 aliphatic carbocycles. The van der Waals surface area contributed by atoms with Crippen molar-refractivity contribution in [2.45, 2.75) is 46.1 Å². The number of hydrogen-bond acceptors (Lipinski definition) is 4. The minimum Gasteiger partial charge on any atom is -0.466 e. The Bertz CT molecular complexity index is 383. The molecule has 0 saturated carbocycles. The molecule has 1 heterocycles. The molecular formula is C14H23NO4. The van der Waals surface area contributed by atoms with Crippen molar-refractivity contribution in [1.29, 1.82) is 0 Å². The molecule has 0 spiro atoms. The van der Waals surface area contributed by atoms with E-state index in [0.717, 1.165) is 5.57 Å². The van der Waals surface area contributed by atoms with E-state index < -0.39 is 5.60 Å². The maximum Gasteiger partial charge on any atom is 0.410 e. The summed E-state index contributed by atoms with van der Waals surface area (Å²) in [6.45, 7) is 8.48. The lowest BCUT2D eigenvalue weighted by molar-refractivity contribution is -0.136. The first-order chi connectivity index (χ1) is 8.74. The summed E-state index contributed by atoms with van der Waals surface area (Å²) >= 11 is 0. The summed E-state index contributed by atoms with van der Waals surface area (Å²) < 4.78 is 10.0. The number of ether oxygens (including phenoxy) is 2. The minimum absolute atomic E-state index is 0.290. The van der Waals surface area contributed by atoms with Crippen molar-refractivity contribution in [2.24, 2.45) is 0 Å². The molecule has 0 N–H and O–H groups in total. The Kier molecular flexibility index (Phi) is 4.97. The third kappa shape index (κ3) is 4.58. The number of esters is 1. The van der Waals surface area contributed by atoms with Crippen LogP contribution in [0.25, 0.3) is 0 Å². The van der Waals surface area contributed by atoms with Gasteiger partial charge in [-0.05, 0) is 40.5 Å². The van der Waals surface area contributed by atoms with E-state index in [0.29, 0.717) is 31.5 Å². The molecule has 0 aromatic rings. The molecule has 5 heteroatoms. The standard InChI is InChI=1S/C14H23NO4/c1-10(12(16)18-5)11-6-8-15(9-7-11)13(17)19-14(2,3)4/h6-9H2,1-5H3. The number of methoxy groups -OCH3 is 1. The zero-order chi connectivity index (χ0) is 14.6. The van der Waals surface area contributed by atoms with Crippen LogP contribution in [0.5, 0.6) is 0 Å². The summed E-state index contributed by atoms with van der Waals surface area (Å²) in [6.07, 6.45) is 1.10. The van der Waals surface area contributed by atoms with Gasteiger partial charge in [-0.2, -0.15) is 0 Å². The third-order valence-electron chi connectivity index (χ3n) is 3.04. The summed E-state index contributed by atoms with van der Waals surface area (Å²) in [5, 5.41) is 0. The van der Waals surface area contributed by atoms with Gasteiger partial charge in [-0.3, -0.25) is 0 Å². The molecule has 5 nitrogen and oxygen atoms in total. The molecule has 1 rings (SSSR count). The summed E-state index contributed by atoms with van der Waals surface area (Å²) in [5.41, 5.74) is 1.24. The van der Waals surface area contributed by atoms with Gasteiger partial charge in [0.2, 0.25) is 0 Å². The fourth-order valence-corrected chi connectivity index (χ4v) is 1.96. The predicted octanol–water partition coefficient (Wildman–Crippen LogP) is 2.51. The summed E-state index contributed by atoms with van der Waals surface area (Å²) in [7, 11) is 1.38. The first-order valence-corrected chi connectivity index (χ1v) is 6.49. The second-order valence-corrected chi connectivity index (χ2v) is 5.69. The van der Waals surface area contributed by atoms with E-state index in [9.17, 15) is 9.59 Å². The van der Waals surface area contributed by atoms with Crippen LogP contribution in [0, 0.1) is 0 Å². The Morgan fingerprint density at radius 1 is 1.16 bits per heavy atom. The Morgan fingerprint density at radius 3 is 2.11 bits per heavy atom. The molecule has 1 aliphatic heterocycles. The maximum absolute atomic E-state index is 11.9. The summed E-state index contributed by atoms with van der Waals surface area (Å²) in [5.74, 6) is -0.291. The van der Waals surface area contributed by atoms with Gasteiger partial charge < -0.3 is 14.4 Å². The molecule has 1 amide bonds. The van der Waals surface area contributed by atoms with Crippen LogP contribution in [-0.4, -0.2) is 42.8 Å². The highest BCUT2D eigenvalue weighted by atomic mass is 16.6. The average Bonchev–Trinajstić information content (AvgIpc) is 2.35. The van der Waals surface area contributed by atoms with Crippen LogP contribution in [0.4, 0.5) is 4.79 Å². The van der Waals surface area contributed by atoms with E-state index in [1.807, 2.05) is 20.8 Å². The van der Waals surface area contributed by atoms with Crippen molar-refractivity contribution in [3.8, 4) is 0 Å². The van der Waals surface area contributed by atoms with Crippen molar-refractivity contribution < 1.29 is 19.1 Å². The van der Waals surface area contributed by atoms with Crippen LogP contribution < -0.4 is 0 Å². The molecule has 1 aliphatic rings. The molecule has 0 radical (unpaired) electrons. The lowest BCUT2D eigenvalue weighted by Crippen LogP contribution is -2.40. The minimum atomic E-state index is -0.477. The Labute approximate surface area is 114 Å². The van der Waals surface area contributed by atoms with E-state index in [-0.39, 0.29) is 12.1 Å². The van der Waals surface area contributed by atoms with Crippen molar-refractivity contribution >= 4 is 12.1 Å². The number of likely N-dealkylation sites (tertiary alicyclic amines) is 1. The van der Waals surface area contributed by atoms with Crippen LogP contribution >= 0.6 is 0 Å². The fraction of sp³-hybridized carbons (Fsp3) is 0.714. The van der Waals surface area contributed by atoms with Gasteiger partial charge in [0, 0.05) is 18.7 Å². The van der Waals surface area contributed by atoms with E-state index in [1.54, 1.807) is 11.8 Å². The van der Waals surface area contributed by atoms with Crippen LogP contribution in [0.2, 0.25) is 0 Å². The number of carbonyl (C=O) groups excluding carboxylic acids is 2. The predicted molar refractivity (Wildman–Crippen MR) is 71.8 cm³/mol. The number of piperidine rings is 1. The van der Waals surface area contributed by atoms with Crippen molar-refractivity contribution in [3.63, 3.8) is 0 Å². The van der Waals surface area contributed by atoms with Crippen molar-refractivity contribution in [2.75, 3.05) is 20.2 Å². The van der Waals surface area contributed by atoms with Crippen molar-refractivity contribution in [3.05, 3.63) is 11.1 Å². The number of rotatable bonds is 1. The average molecular weight is 269 g/mol. The molecule has 19 heavy (non-hydrogen) atoms. The molecule has 108 valence electrons. The van der Waals surface area contributed by atoms with Gasteiger partial charge in [-0.15, -0.1) is 0 Å². The first-order valence-electron chi connectivity index (χ1n) is 6.49. The van der Waals surface area contributed by atoms with E-state index in [1.165, 1.54) is 7.11 Å². The molecule has 0 bridgehead atoms. The van der Waals surface area contributed by atoms with Gasteiger partial charge >= 0.3 is 12.1 Å². The third-order valence-corrected chi connectivity index (χ3v) is 3.04. The number of carbonyl (C=O) groups is 2. The second-order valence-electron chi connectivity index (χ2n) is 5.69. The lowest BCUT2D eigenvalue weighted by Gasteiger charge is -2.31. The summed E-state index contributed by atoms with van der Waals surface area (Å²) in [6, 6.07) is 0. The Morgan fingerprint density at radius 2 is 1.68 bits per heavy atom. The highest BCUT2D eigenvalue weighted by Gasteiger charge is 2.26. The molecule has 1 saturated heterocycles. The van der Waals surface area contributed by atoms with Gasteiger partial charge in [0.15, 0.2) is 0 Å². The molecule has 0 atom stereocenters. The zero-order valence-electron chi connectivity index (χ0n) is 12.4. The quantitative estimate of drug-likeness (QED) is 0.542. The van der Waals surface area contributed by atoms with Gasteiger partial charge in [0.1, 0.15) is 5.60 Å². The van der Waals surface area contributed by atoms with Gasteiger partial charge in [0.25, 0.3) is 0 Å². The highest BCUT2D eigenvalue weighted by Crippen LogP contribution is 2.22. The maximum atomic E-state index is 11.9. The lowest BCUT2D eigenvalue weighted by atomic mass is 9.99. The molecular weight excluding hydrogens is 246 g/mol. The highest BCUT2D eigenvalue weighted by molar-refractivity contribution is 5.88. The first kappa shape index (κ1) is 15.5. The van der Waals surface area contributed by atoms with Crippen LogP contribution in [0.3, 0.4) is 0 Å². The largest absolute Gasteiger partial charge is 0.466 e. The molecule has 0 aromatic heterocycles. The molecule has 0 aromatic carbocycles. The Hall–Kier alpha value is -1.52.